The monoisotopic (exact) mass is 279 g/mol. The van der Waals surface area contributed by atoms with E-state index in [2.05, 4.69) is 32.4 Å². The molecule has 7 heteroatoms. The molecule has 1 aromatic carbocycles. The number of benzene rings is 1. The van der Waals surface area contributed by atoms with Crippen molar-refractivity contribution < 1.29 is 4.74 Å². The van der Waals surface area contributed by atoms with Gasteiger partial charge < -0.3 is 9.64 Å². The molecule has 1 aliphatic rings. The first-order chi connectivity index (χ1) is 9.29. The van der Waals surface area contributed by atoms with Crippen molar-refractivity contribution in [2.75, 3.05) is 24.6 Å². The van der Waals surface area contributed by atoms with Crippen LogP contribution in [0.15, 0.2) is 12.1 Å². The van der Waals surface area contributed by atoms with Gasteiger partial charge in [0.2, 0.25) is 5.82 Å². The van der Waals surface area contributed by atoms with E-state index in [0.29, 0.717) is 17.5 Å². The Hall–Kier alpha value is -1.82. The molecule has 2 aromatic rings. The van der Waals surface area contributed by atoms with Crippen molar-refractivity contribution in [2.45, 2.75) is 13.3 Å². The third kappa shape index (κ3) is 2.23. The van der Waals surface area contributed by atoms with Crippen molar-refractivity contribution in [1.29, 1.82) is 0 Å². The molecule has 0 fully saturated rings. The third-order valence-corrected chi connectivity index (χ3v) is 3.27. The van der Waals surface area contributed by atoms with Crippen LogP contribution >= 0.6 is 11.6 Å². The maximum atomic E-state index is 6.14. The van der Waals surface area contributed by atoms with E-state index in [1.807, 2.05) is 12.1 Å². The molecule has 0 saturated heterocycles. The van der Waals surface area contributed by atoms with E-state index in [4.69, 9.17) is 16.3 Å². The van der Waals surface area contributed by atoms with Crippen molar-refractivity contribution in [3.8, 4) is 17.1 Å². The number of hydrogen-bond acceptors (Lipinski definition) is 5. The van der Waals surface area contributed by atoms with Gasteiger partial charge in [0.1, 0.15) is 12.4 Å². The van der Waals surface area contributed by atoms with Gasteiger partial charge in [0.15, 0.2) is 0 Å². The highest BCUT2D eigenvalue weighted by atomic mass is 35.5. The summed E-state index contributed by atoms with van der Waals surface area (Å²) in [6.07, 6.45) is 1.06. The number of H-pyrrole nitrogens is 1. The second kappa shape index (κ2) is 5.05. The molecule has 19 heavy (non-hydrogen) atoms. The van der Waals surface area contributed by atoms with E-state index in [9.17, 15) is 0 Å². The number of anilines is 1. The van der Waals surface area contributed by atoms with Gasteiger partial charge in [-0.1, -0.05) is 18.5 Å². The summed E-state index contributed by atoms with van der Waals surface area (Å²) in [6.45, 7) is 4.63. The lowest BCUT2D eigenvalue weighted by Crippen LogP contribution is -2.33. The van der Waals surface area contributed by atoms with Crippen LogP contribution in [0.4, 0.5) is 5.69 Å². The molecule has 1 aliphatic heterocycles. The van der Waals surface area contributed by atoms with Gasteiger partial charge in [0.05, 0.1) is 17.8 Å². The molecule has 0 bridgehead atoms. The molecule has 0 unspecified atom stereocenters. The number of halogens is 1. The molecule has 1 aromatic heterocycles. The highest BCUT2D eigenvalue weighted by molar-refractivity contribution is 6.31. The summed E-state index contributed by atoms with van der Waals surface area (Å²) in [4.78, 5) is 2.28. The van der Waals surface area contributed by atoms with E-state index in [1.54, 1.807) is 0 Å². The fourth-order valence-electron chi connectivity index (χ4n) is 2.33. The number of nitrogens with zero attached hydrogens (tertiary/aromatic N) is 4. The Kier molecular flexibility index (Phi) is 3.25. The van der Waals surface area contributed by atoms with Crippen LogP contribution in [-0.4, -0.2) is 40.3 Å². The van der Waals surface area contributed by atoms with Gasteiger partial charge in [-0.3, -0.25) is 0 Å². The quantitative estimate of drug-likeness (QED) is 0.932. The molecule has 1 N–H and O–H groups in total. The Morgan fingerprint density at radius 3 is 3.11 bits per heavy atom. The maximum absolute atomic E-state index is 6.14. The van der Waals surface area contributed by atoms with Crippen LogP contribution in [0.2, 0.25) is 5.02 Å². The second-order valence-corrected chi connectivity index (χ2v) is 4.81. The lowest BCUT2D eigenvalue weighted by Gasteiger charge is -2.32. The molecule has 100 valence electrons. The lowest BCUT2D eigenvalue weighted by atomic mass is 10.1. The first-order valence-electron chi connectivity index (χ1n) is 6.24. The van der Waals surface area contributed by atoms with Crippen LogP contribution in [0.3, 0.4) is 0 Å². The molecule has 0 radical (unpaired) electrons. The summed E-state index contributed by atoms with van der Waals surface area (Å²) in [7, 11) is 0. The zero-order valence-corrected chi connectivity index (χ0v) is 11.3. The van der Waals surface area contributed by atoms with Gasteiger partial charge in [0.25, 0.3) is 0 Å². The Bertz CT molecular complexity index is 572. The minimum absolute atomic E-state index is 0.533. The molecule has 0 atom stereocenters. The van der Waals surface area contributed by atoms with Gasteiger partial charge in [-0.2, -0.15) is 5.21 Å². The molecule has 3 rings (SSSR count). The molecule has 2 heterocycles. The summed E-state index contributed by atoms with van der Waals surface area (Å²) >= 11 is 6.14. The Morgan fingerprint density at radius 1 is 1.47 bits per heavy atom. The smallest absolute Gasteiger partial charge is 0.206 e. The topological polar surface area (TPSA) is 66.9 Å². The maximum Gasteiger partial charge on any atom is 0.206 e. The van der Waals surface area contributed by atoms with Gasteiger partial charge in [-0.05, 0) is 17.7 Å². The van der Waals surface area contributed by atoms with Gasteiger partial charge >= 0.3 is 0 Å². The zero-order valence-electron chi connectivity index (χ0n) is 10.6. The lowest BCUT2D eigenvalue weighted by molar-refractivity contribution is 0.307. The number of aromatic nitrogens is 4. The van der Waals surface area contributed by atoms with Gasteiger partial charge in [-0.25, -0.2) is 0 Å². The molecule has 0 saturated carbocycles. The number of ether oxygens (including phenoxy) is 1. The highest BCUT2D eigenvalue weighted by Crippen LogP contribution is 2.41. The van der Waals surface area contributed by atoms with Crippen molar-refractivity contribution in [2.24, 2.45) is 0 Å². The number of fused-ring (bicyclic) bond motifs is 1. The van der Waals surface area contributed by atoms with E-state index in [0.717, 1.165) is 36.5 Å². The predicted molar refractivity (Wildman–Crippen MR) is 72.6 cm³/mol. The number of aromatic amines is 1. The van der Waals surface area contributed by atoms with Gasteiger partial charge in [-0.15, -0.1) is 10.2 Å². The molecular formula is C12H14ClN5O. The highest BCUT2D eigenvalue weighted by Gasteiger charge is 2.24. The second-order valence-electron chi connectivity index (χ2n) is 4.37. The standard InChI is InChI=1S/C12H14ClN5O/c1-2-3-18-4-5-19-10-7-8(13)6-9(11(10)18)12-14-16-17-15-12/h6-7H,2-5H2,1H3,(H,14,15,16,17). The largest absolute Gasteiger partial charge is 0.489 e. The zero-order chi connectivity index (χ0) is 13.2. The number of hydrogen-bond donors (Lipinski definition) is 1. The number of nitrogens with one attached hydrogen (secondary N) is 1. The molecular weight excluding hydrogens is 266 g/mol. The van der Waals surface area contributed by atoms with Crippen molar-refractivity contribution in [3.63, 3.8) is 0 Å². The van der Waals surface area contributed by atoms with Crippen LogP contribution in [-0.2, 0) is 0 Å². The fraction of sp³-hybridized carbons (Fsp3) is 0.417. The minimum Gasteiger partial charge on any atom is -0.489 e. The van der Waals surface area contributed by atoms with E-state index in [1.165, 1.54) is 0 Å². The molecule has 6 nitrogen and oxygen atoms in total. The van der Waals surface area contributed by atoms with Crippen LogP contribution in [0, 0.1) is 0 Å². The summed E-state index contributed by atoms with van der Waals surface area (Å²) in [6, 6.07) is 3.69. The van der Waals surface area contributed by atoms with Crippen LogP contribution in [0.25, 0.3) is 11.4 Å². The average molecular weight is 280 g/mol. The summed E-state index contributed by atoms with van der Waals surface area (Å²) in [5, 5.41) is 14.8. The normalized spacial score (nSPS) is 14.1. The van der Waals surface area contributed by atoms with Crippen LogP contribution in [0.5, 0.6) is 5.75 Å². The molecule has 0 aliphatic carbocycles. The van der Waals surface area contributed by atoms with Crippen molar-refractivity contribution in [1.82, 2.24) is 20.6 Å². The van der Waals surface area contributed by atoms with Crippen LogP contribution in [0.1, 0.15) is 13.3 Å². The van der Waals surface area contributed by atoms with E-state index < -0.39 is 0 Å². The van der Waals surface area contributed by atoms with E-state index in [-0.39, 0.29) is 0 Å². The van der Waals surface area contributed by atoms with Crippen molar-refractivity contribution in [3.05, 3.63) is 17.2 Å². The summed E-state index contributed by atoms with van der Waals surface area (Å²) in [5.74, 6) is 1.32. The first-order valence-corrected chi connectivity index (χ1v) is 6.62. The average Bonchev–Trinajstić information content (AvgIpc) is 2.92. The predicted octanol–water partition coefficient (Wildman–Crippen LogP) is 2.13. The number of tetrazole rings is 1. The van der Waals surface area contributed by atoms with E-state index >= 15 is 0 Å². The Morgan fingerprint density at radius 2 is 2.37 bits per heavy atom. The fourth-order valence-corrected chi connectivity index (χ4v) is 2.54. The summed E-state index contributed by atoms with van der Waals surface area (Å²) in [5.41, 5.74) is 1.85. The SMILES string of the molecule is CCCN1CCOc2cc(Cl)cc(-c3nn[nH]n3)c21. The number of rotatable bonds is 3. The van der Waals surface area contributed by atoms with Crippen LogP contribution < -0.4 is 9.64 Å². The third-order valence-electron chi connectivity index (χ3n) is 3.05. The van der Waals surface area contributed by atoms with Crippen molar-refractivity contribution >= 4 is 17.3 Å². The first kappa shape index (κ1) is 12.2. The molecule has 0 amide bonds. The van der Waals surface area contributed by atoms with Gasteiger partial charge in [0, 0.05) is 17.6 Å². The minimum atomic E-state index is 0.533. The summed E-state index contributed by atoms with van der Waals surface area (Å²) < 4.78 is 5.71. The molecule has 0 spiro atoms. The Balaban J connectivity index is 2.15. The Labute approximate surface area is 115 Å².